The summed E-state index contributed by atoms with van der Waals surface area (Å²) in [5.74, 6) is 0.619. The lowest BCUT2D eigenvalue weighted by Crippen LogP contribution is -2.28. The Bertz CT molecular complexity index is 581. The SMILES string of the molecule is CC1(C)CCC(Oc2cc(NC(=O)OC(C)(C)C)ccc2N)CC1. The number of nitrogens with one attached hydrogen (secondary N) is 1. The van der Waals surface area contributed by atoms with Gasteiger partial charge in [0.25, 0.3) is 0 Å². The van der Waals surface area contributed by atoms with E-state index in [0.29, 0.717) is 22.5 Å². The standard InChI is InChI=1S/C19H30N2O3/c1-18(2,3)24-17(22)21-13-6-7-15(20)16(12-13)23-14-8-10-19(4,5)11-9-14/h6-7,12,14H,8-11,20H2,1-5H3,(H,21,22). The predicted octanol–water partition coefficient (Wildman–Crippen LogP) is 4.96. The van der Waals surface area contributed by atoms with E-state index in [1.165, 1.54) is 0 Å². The van der Waals surface area contributed by atoms with Gasteiger partial charge in [-0.1, -0.05) is 13.8 Å². The molecule has 0 spiro atoms. The molecule has 1 amide bonds. The van der Waals surface area contributed by atoms with Crippen molar-refractivity contribution in [3.63, 3.8) is 0 Å². The van der Waals surface area contributed by atoms with Crippen LogP contribution in [0.15, 0.2) is 18.2 Å². The molecule has 0 heterocycles. The first-order chi connectivity index (χ1) is 11.0. The van der Waals surface area contributed by atoms with Crippen LogP contribution in [0.3, 0.4) is 0 Å². The number of rotatable bonds is 3. The highest BCUT2D eigenvalue weighted by Crippen LogP contribution is 2.37. The highest BCUT2D eigenvalue weighted by Gasteiger charge is 2.28. The first-order valence-electron chi connectivity index (χ1n) is 8.60. The Balaban J connectivity index is 2.00. The third-order valence-electron chi connectivity index (χ3n) is 4.24. The third-order valence-corrected chi connectivity index (χ3v) is 4.24. The third kappa shape index (κ3) is 5.62. The monoisotopic (exact) mass is 334 g/mol. The normalized spacial score (nSPS) is 18.0. The van der Waals surface area contributed by atoms with E-state index in [1.54, 1.807) is 18.2 Å². The quantitative estimate of drug-likeness (QED) is 0.766. The lowest BCUT2D eigenvalue weighted by atomic mass is 9.76. The van der Waals surface area contributed by atoms with Crippen molar-refractivity contribution in [3.05, 3.63) is 18.2 Å². The van der Waals surface area contributed by atoms with Crippen molar-refractivity contribution in [1.82, 2.24) is 0 Å². The highest BCUT2D eigenvalue weighted by atomic mass is 16.6. The summed E-state index contributed by atoms with van der Waals surface area (Å²) in [5.41, 5.74) is 7.08. The predicted molar refractivity (Wildman–Crippen MR) is 97.4 cm³/mol. The van der Waals surface area contributed by atoms with Gasteiger partial charge < -0.3 is 15.2 Å². The summed E-state index contributed by atoms with van der Waals surface area (Å²) in [6.07, 6.45) is 4.03. The average Bonchev–Trinajstić information content (AvgIpc) is 2.42. The van der Waals surface area contributed by atoms with E-state index < -0.39 is 11.7 Å². The van der Waals surface area contributed by atoms with E-state index in [0.717, 1.165) is 25.7 Å². The summed E-state index contributed by atoms with van der Waals surface area (Å²) in [6.45, 7) is 10.1. The number of anilines is 2. The van der Waals surface area contributed by atoms with Gasteiger partial charge in [0.2, 0.25) is 0 Å². The number of hydrogen-bond acceptors (Lipinski definition) is 4. The van der Waals surface area contributed by atoms with E-state index in [-0.39, 0.29) is 6.10 Å². The number of carbonyl (C=O) groups excluding carboxylic acids is 1. The molecule has 5 nitrogen and oxygen atoms in total. The number of nitrogens with two attached hydrogens (primary N) is 1. The van der Waals surface area contributed by atoms with E-state index in [4.69, 9.17) is 15.2 Å². The molecule has 0 aliphatic heterocycles. The van der Waals surface area contributed by atoms with Crippen molar-refractivity contribution in [2.45, 2.75) is 72.0 Å². The Morgan fingerprint density at radius 2 is 1.88 bits per heavy atom. The molecule has 0 saturated heterocycles. The Kier molecular flexibility index (Phi) is 5.31. The van der Waals surface area contributed by atoms with Gasteiger partial charge in [-0.05, 0) is 64.0 Å². The molecular weight excluding hydrogens is 304 g/mol. The maximum absolute atomic E-state index is 11.9. The fraction of sp³-hybridized carbons (Fsp3) is 0.632. The van der Waals surface area contributed by atoms with Gasteiger partial charge in [0.05, 0.1) is 11.8 Å². The van der Waals surface area contributed by atoms with Crippen LogP contribution < -0.4 is 15.8 Å². The molecule has 0 radical (unpaired) electrons. The Hall–Kier alpha value is -1.91. The molecule has 3 N–H and O–H groups in total. The zero-order chi connectivity index (χ0) is 18.0. The number of ether oxygens (including phenoxy) is 2. The summed E-state index contributed by atoms with van der Waals surface area (Å²) in [7, 11) is 0. The number of hydrogen-bond donors (Lipinski definition) is 2. The number of benzene rings is 1. The summed E-state index contributed by atoms with van der Waals surface area (Å²) in [5, 5.41) is 2.72. The van der Waals surface area contributed by atoms with Gasteiger partial charge in [0, 0.05) is 11.8 Å². The number of amides is 1. The van der Waals surface area contributed by atoms with E-state index in [2.05, 4.69) is 19.2 Å². The van der Waals surface area contributed by atoms with Gasteiger partial charge in [0.15, 0.2) is 0 Å². The largest absolute Gasteiger partial charge is 0.488 e. The van der Waals surface area contributed by atoms with E-state index in [9.17, 15) is 4.79 Å². The molecule has 2 rings (SSSR count). The van der Waals surface area contributed by atoms with E-state index >= 15 is 0 Å². The first-order valence-corrected chi connectivity index (χ1v) is 8.60. The van der Waals surface area contributed by atoms with Crippen LogP contribution in [0, 0.1) is 5.41 Å². The first kappa shape index (κ1) is 18.4. The molecule has 1 saturated carbocycles. The fourth-order valence-electron chi connectivity index (χ4n) is 2.81. The van der Waals surface area contributed by atoms with Crippen molar-refractivity contribution < 1.29 is 14.3 Å². The molecule has 134 valence electrons. The smallest absolute Gasteiger partial charge is 0.412 e. The van der Waals surface area contributed by atoms with Crippen LogP contribution in [-0.4, -0.2) is 17.8 Å². The van der Waals surface area contributed by atoms with Crippen molar-refractivity contribution in [2.24, 2.45) is 5.41 Å². The molecule has 0 aromatic heterocycles. The molecule has 0 atom stereocenters. The Morgan fingerprint density at radius 1 is 1.25 bits per heavy atom. The van der Waals surface area contributed by atoms with Gasteiger partial charge in [0.1, 0.15) is 11.4 Å². The molecule has 1 fully saturated rings. The Labute approximate surface area is 144 Å². The van der Waals surface area contributed by atoms with Gasteiger partial charge in [-0.15, -0.1) is 0 Å². The zero-order valence-corrected chi connectivity index (χ0v) is 15.4. The van der Waals surface area contributed by atoms with Crippen molar-refractivity contribution in [3.8, 4) is 5.75 Å². The van der Waals surface area contributed by atoms with Crippen LogP contribution in [0.2, 0.25) is 0 Å². The second kappa shape index (κ2) is 6.91. The van der Waals surface area contributed by atoms with Crippen molar-refractivity contribution >= 4 is 17.5 Å². The number of carbonyl (C=O) groups is 1. The van der Waals surface area contributed by atoms with Crippen LogP contribution >= 0.6 is 0 Å². The minimum absolute atomic E-state index is 0.178. The molecule has 0 unspecified atom stereocenters. The molecule has 1 aromatic carbocycles. The maximum Gasteiger partial charge on any atom is 0.412 e. The van der Waals surface area contributed by atoms with Gasteiger partial charge in [-0.3, -0.25) is 5.32 Å². The second-order valence-electron chi connectivity index (χ2n) is 8.36. The number of nitrogen functional groups attached to an aromatic ring is 1. The molecule has 24 heavy (non-hydrogen) atoms. The average molecular weight is 334 g/mol. The van der Waals surface area contributed by atoms with E-state index in [1.807, 2.05) is 20.8 Å². The molecular formula is C19H30N2O3. The van der Waals surface area contributed by atoms with Gasteiger partial charge in [-0.25, -0.2) is 4.79 Å². The Morgan fingerprint density at radius 3 is 2.46 bits per heavy atom. The van der Waals surface area contributed by atoms with Crippen LogP contribution in [0.25, 0.3) is 0 Å². The molecule has 1 aromatic rings. The fourth-order valence-corrected chi connectivity index (χ4v) is 2.81. The van der Waals surface area contributed by atoms with Crippen LogP contribution in [0.1, 0.15) is 60.3 Å². The van der Waals surface area contributed by atoms with Gasteiger partial charge in [-0.2, -0.15) is 0 Å². The molecule has 1 aliphatic carbocycles. The van der Waals surface area contributed by atoms with Crippen LogP contribution in [-0.2, 0) is 4.74 Å². The lowest BCUT2D eigenvalue weighted by molar-refractivity contribution is 0.0636. The summed E-state index contributed by atoms with van der Waals surface area (Å²) >= 11 is 0. The molecule has 0 bridgehead atoms. The minimum atomic E-state index is -0.536. The minimum Gasteiger partial charge on any atom is -0.488 e. The second-order valence-corrected chi connectivity index (χ2v) is 8.36. The molecule has 5 heteroatoms. The van der Waals surface area contributed by atoms with Crippen molar-refractivity contribution in [2.75, 3.05) is 11.1 Å². The lowest BCUT2D eigenvalue weighted by Gasteiger charge is -2.34. The maximum atomic E-state index is 11.9. The zero-order valence-electron chi connectivity index (χ0n) is 15.4. The topological polar surface area (TPSA) is 73.6 Å². The molecule has 1 aliphatic rings. The summed E-state index contributed by atoms with van der Waals surface area (Å²) in [6, 6.07) is 5.25. The van der Waals surface area contributed by atoms with Crippen LogP contribution in [0.4, 0.5) is 16.2 Å². The summed E-state index contributed by atoms with van der Waals surface area (Å²) in [4.78, 5) is 11.9. The van der Waals surface area contributed by atoms with Gasteiger partial charge >= 0.3 is 6.09 Å². The van der Waals surface area contributed by atoms with Crippen LogP contribution in [0.5, 0.6) is 5.75 Å². The summed E-state index contributed by atoms with van der Waals surface area (Å²) < 4.78 is 11.3. The highest BCUT2D eigenvalue weighted by molar-refractivity contribution is 5.85. The van der Waals surface area contributed by atoms with Crippen molar-refractivity contribution in [1.29, 1.82) is 0 Å².